The molecular weight excluding hydrogens is 374 g/mol. The molecule has 1 aliphatic carbocycles. The van der Waals surface area contributed by atoms with Crippen LogP contribution in [-0.2, 0) is 14.3 Å². The van der Waals surface area contributed by atoms with Gasteiger partial charge in [0.05, 0.1) is 31.9 Å². The quantitative estimate of drug-likeness (QED) is 0.711. The summed E-state index contributed by atoms with van der Waals surface area (Å²) in [5.74, 6) is -0.248. The van der Waals surface area contributed by atoms with E-state index in [-0.39, 0.29) is 35.4 Å². The predicted octanol–water partition coefficient (Wildman–Crippen LogP) is 1.36. The lowest BCUT2D eigenvalue weighted by atomic mass is 10.0. The summed E-state index contributed by atoms with van der Waals surface area (Å²) < 4.78 is 10.5. The molecule has 1 saturated carbocycles. The molecule has 8 heteroatoms. The Kier molecular flexibility index (Phi) is 5.80. The second-order valence-electron chi connectivity index (χ2n) is 8.16. The van der Waals surface area contributed by atoms with Crippen LogP contribution in [0.5, 0.6) is 0 Å². The smallest absolute Gasteiger partial charge is 0.339 e. The molecule has 0 spiro atoms. The van der Waals surface area contributed by atoms with E-state index in [4.69, 9.17) is 4.74 Å². The molecule has 156 valence electrons. The van der Waals surface area contributed by atoms with Crippen molar-refractivity contribution in [1.29, 1.82) is 0 Å². The molecule has 8 nitrogen and oxygen atoms in total. The SMILES string of the molecule is COC(=O)c1ccc(C(=O)N2C[C@@H]3COC[C@H](C2)N(C(=O)C2CCCC2)C3)nc1. The average molecular weight is 401 g/mol. The van der Waals surface area contributed by atoms with Crippen molar-refractivity contribution in [2.24, 2.45) is 11.8 Å². The van der Waals surface area contributed by atoms with Crippen LogP contribution in [0.2, 0.25) is 0 Å². The molecule has 2 bridgehead atoms. The lowest BCUT2D eigenvalue weighted by Gasteiger charge is -2.32. The lowest BCUT2D eigenvalue weighted by Crippen LogP contribution is -2.49. The number of hydrogen-bond donors (Lipinski definition) is 0. The molecule has 1 aromatic heterocycles. The van der Waals surface area contributed by atoms with Crippen LogP contribution in [0.25, 0.3) is 0 Å². The number of hydrogen-bond acceptors (Lipinski definition) is 6. The molecule has 2 saturated heterocycles. The fourth-order valence-electron chi connectivity index (χ4n) is 4.61. The zero-order valence-electron chi connectivity index (χ0n) is 16.7. The first-order chi connectivity index (χ1) is 14.1. The van der Waals surface area contributed by atoms with Gasteiger partial charge in [0, 0.05) is 37.7 Å². The van der Waals surface area contributed by atoms with Crippen LogP contribution >= 0.6 is 0 Å². The standard InChI is InChI=1S/C21H27N3O5/c1-28-21(27)16-6-7-18(22-8-16)20(26)23-9-14-10-24(17(11-23)13-29-12-14)19(25)15-4-2-3-5-15/h6-8,14-15,17H,2-5,9-13H2,1H3/t14-,17-/m0/s1. The largest absolute Gasteiger partial charge is 0.465 e. The van der Waals surface area contributed by atoms with Gasteiger partial charge in [-0.05, 0) is 25.0 Å². The second kappa shape index (κ2) is 8.49. The summed E-state index contributed by atoms with van der Waals surface area (Å²) in [4.78, 5) is 45.6. The molecule has 0 aromatic carbocycles. The Morgan fingerprint density at radius 1 is 1.10 bits per heavy atom. The van der Waals surface area contributed by atoms with Crippen molar-refractivity contribution in [3.63, 3.8) is 0 Å². The van der Waals surface area contributed by atoms with E-state index in [0.717, 1.165) is 25.7 Å². The van der Waals surface area contributed by atoms with Crippen LogP contribution in [0.1, 0.15) is 46.5 Å². The summed E-state index contributed by atoms with van der Waals surface area (Å²) >= 11 is 0. The first kappa shape index (κ1) is 19.8. The molecule has 0 N–H and O–H groups in total. The zero-order chi connectivity index (χ0) is 20.4. The molecule has 29 heavy (non-hydrogen) atoms. The Morgan fingerprint density at radius 3 is 2.59 bits per heavy atom. The molecule has 4 rings (SSSR count). The predicted molar refractivity (Wildman–Crippen MR) is 103 cm³/mol. The maximum absolute atomic E-state index is 13.1. The number of ether oxygens (including phenoxy) is 2. The number of carbonyl (C=O) groups excluding carboxylic acids is 3. The Morgan fingerprint density at radius 2 is 1.90 bits per heavy atom. The van der Waals surface area contributed by atoms with E-state index >= 15 is 0 Å². The monoisotopic (exact) mass is 401 g/mol. The molecule has 3 fully saturated rings. The van der Waals surface area contributed by atoms with E-state index in [9.17, 15) is 14.4 Å². The van der Waals surface area contributed by atoms with Crippen molar-refractivity contribution in [3.8, 4) is 0 Å². The van der Waals surface area contributed by atoms with Crippen molar-refractivity contribution in [1.82, 2.24) is 14.8 Å². The third-order valence-electron chi connectivity index (χ3n) is 6.15. The number of amides is 2. The molecule has 2 amide bonds. The number of nitrogens with zero attached hydrogens (tertiary/aromatic N) is 3. The maximum atomic E-state index is 13.1. The molecular formula is C21H27N3O5. The van der Waals surface area contributed by atoms with Crippen molar-refractivity contribution >= 4 is 17.8 Å². The van der Waals surface area contributed by atoms with Crippen molar-refractivity contribution in [3.05, 3.63) is 29.6 Å². The highest BCUT2D eigenvalue weighted by Gasteiger charge is 2.40. The first-order valence-corrected chi connectivity index (χ1v) is 10.3. The van der Waals surface area contributed by atoms with E-state index in [1.54, 1.807) is 17.0 Å². The molecule has 1 aromatic rings. The maximum Gasteiger partial charge on any atom is 0.339 e. The van der Waals surface area contributed by atoms with E-state index in [1.165, 1.54) is 13.3 Å². The third kappa shape index (κ3) is 4.12. The van der Waals surface area contributed by atoms with Gasteiger partial charge in [0.2, 0.25) is 5.91 Å². The molecule has 3 heterocycles. The summed E-state index contributed by atoms with van der Waals surface area (Å²) in [5.41, 5.74) is 0.589. The van der Waals surface area contributed by atoms with Gasteiger partial charge in [-0.25, -0.2) is 4.79 Å². The Hall–Kier alpha value is -2.48. The van der Waals surface area contributed by atoms with Crippen LogP contribution < -0.4 is 0 Å². The molecule has 2 atom stereocenters. The number of rotatable bonds is 3. The molecule has 0 unspecified atom stereocenters. The normalized spacial score (nSPS) is 24.9. The minimum Gasteiger partial charge on any atom is -0.465 e. The second-order valence-corrected chi connectivity index (χ2v) is 8.16. The highest BCUT2D eigenvalue weighted by atomic mass is 16.5. The molecule has 0 radical (unpaired) electrons. The fraction of sp³-hybridized carbons (Fsp3) is 0.619. The summed E-state index contributed by atoms with van der Waals surface area (Å²) in [5, 5.41) is 0. The van der Waals surface area contributed by atoms with Gasteiger partial charge in [0.25, 0.3) is 5.91 Å². The van der Waals surface area contributed by atoms with Gasteiger partial charge >= 0.3 is 5.97 Å². The summed E-state index contributed by atoms with van der Waals surface area (Å²) in [6.45, 7) is 2.60. The summed E-state index contributed by atoms with van der Waals surface area (Å²) in [7, 11) is 1.30. The Balaban J connectivity index is 1.50. The fourth-order valence-corrected chi connectivity index (χ4v) is 4.61. The van der Waals surface area contributed by atoms with Gasteiger partial charge < -0.3 is 19.3 Å². The topological polar surface area (TPSA) is 89.0 Å². The van der Waals surface area contributed by atoms with E-state index < -0.39 is 5.97 Å². The number of carbonyl (C=O) groups is 3. The highest BCUT2D eigenvalue weighted by molar-refractivity contribution is 5.94. The van der Waals surface area contributed by atoms with Gasteiger partial charge in [0.15, 0.2) is 0 Å². The van der Waals surface area contributed by atoms with Crippen LogP contribution in [0, 0.1) is 11.8 Å². The van der Waals surface area contributed by atoms with Crippen LogP contribution in [0.4, 0.5) is 0 Å². The zero-order valence-corrected chi connectivity index (χ0v) is 16.7. The van der Waals surface area contributed by atoms with Crippen molar-refractivity contribution < 1.29 is 23.9 Å². The first-order valence-electron chi connectivity index (χ1n) is 10.3. The van der Waals surface area contributed by atoms with Crippen molar-refractivity contribution in [2.75, 3.05) is 40.0 Å². The third-order valence-corrected chi connectivity index (χ3v) is 6.15. The molecule has 2 aliphatic heterocycles. The number of methoxy groups -OCH3 is 1. The molecule has 3 aliphatic rings. The van der Waals surface area contributed by atoms with E-state index in [2.05, 4.69) is 9.72 Å². The van der Waals surface area contributed by atoms with Gasteiger partial charge in [0.1, 0.15) is 5.69 Å². The van der Waals surface area contributed by atoms with Gasteiger partial charge in [-0.1, -0.05) is 12.8 Å². The summed E-state index contributed by atoms with van der Waals surface area (Å²) in [6.07, 6.45) is 5.52. The minimum absolute atomic E-state index is 0.0890. The minimum atomic E-state index is -0.487. The number of fused-ring (bicyclic) bond motifs is 3. The van der Waals surface area contributed by atoms with Crippen LogP contribution in [0.15, 0.2) is 18.3 Å². The average Bonchev–Trinajstić information content (AvgIpc) is 3.12. The van der Waals surface area contributed by atoms with Crippen molar-refractivity contribution in [2.45, 2.75) is 31.7 Å². The number of esters is 1. The Bertz CT molecular complexity index is 775. The number of pyridine rings is 1. The van der Waals surface area contributed by atoms with Gasteiger partial charge in [-0.15, -0.1) is 0 Å². The van der Waals surface area contributed by atoms with E-state index in [1.807, 2.05) is 4.90 Å². The van der Waals surface area contributed by atoms with Gasteiger partial charge in [-0.3, -0.25) is 14.6 Å². The number of aromatic nitrogens is 1. The van der Waals surface area contributed by atoms with Gasteiger partial charge in [-0.2, -0.15) is 0 Å². The highest BCUT2D eigenvalue weighted by Crippen LogP contribution is 2.30. The van der Waals surface area contributed by atoms with Crippen LogP contribution in [0.3, 0.4) is 0 Å². The lowest BCUT2D eigenvalue weighted by molar-refractivity contribution is -0.138. The van der Waals surface area contributed by atoms with E-state index in [0.29, 0.717) is 38.4 Å². The summed E-state index contributed by atoms with van der Waals surface area (Å²) in [6, 6.07) is 2.96. The Labute approximate surface area is 170 Å². The van der Waals surface area contributed by atoms with Crippen LogP contribution in [-0.4, -0.2) is 78.6 Å².